The van der Waals surface area contributed by atoms with Crippen LogP contribution >= 0.6 is 22.9 Å². The summed E-state index contributed by atoms with van der Waals surface area (Å²) in [5, 5.41) is 7.02. The van der Waals surface area contributed by atoms with Crippen LogP contribution in [0.3, 0.4) is 0 Å². The van der Waals surface area contributed by atoms with Gasteiger partial charge < -0.3 is 4.90 Å². The first-order valence-electron chi connectivity index (χ1n) is 6.74. The van der Waals surface area contributed by atoms with Crippen molar-refractivity contribution in [1.82, 2.24) is 15.1 Å². The average Bonchev–Trinajstić information content (AvgIpc) is 3.17. The fraction of sp³-hybridized carbons (Fsp3) is 0.125. The van der Waals surface area contributed by atoms with E-state index in [1.165, 1.54) is 11.3 Å². The number of halogens is 1. The molecule has 6 heteroatoms. The van der Waals surface area contributed by atoms with Crippen molar-refractivity contribution in [2.45, 2.75) is 6.54 Å². The number of carbonyl (C=O) groups excluding carboxylic acids is 1. The summed E-state index contributed by atoms with van der Waals surface area (Å²) in [6, 6.07) is 15.3. The molecule has 2 heterocycles. The third kappa shape index (κ3) is 3.21. The van der Waals surface area contributed by atoms with E-state index in [1.54, 1.807) is 18.0 Å². The van der Waals surface area contributed by atoms with Crippen LogP contribution in [0.4, 0.5) is 0 Å². The number of rotatable bonds is 4. The number of carbonyl (C=O) groups is 1. The molecule has 0 radical (unpaired) electrons. The van der Waals surface area contributed by atoms with Gasteiger partial charge in [0.1, 0.15) is 5.69 Å². The highest BCUT2D eigenvalue weighted by atomic mass is 35.5. The van der Waals surface area contributed by atoms with Crippen LogP contribution < -0.4 is 0 Å². The number of hydrogen-bond donors (Lipinski definition) is 1. The molecule has 4 nitrogen and oxygen atoms in total. The summed E-state index contributed by atoms with van der Waals surface area (Å²) in [5.41, 5.74) is 2.21. The molecule has 3 rings (SSSR count). The minimum absolute atomic E-state index is 0.0980. The molecule has 1 N–H and O–H groups in total. The van der Waals surface area contributed by atoms with E-state index in [0.29, 0.717) is 12.2 Å². The number of H-pyrrole nitrogens is 1. The normalized spacial score (nSPS) is 10.6. The Morgan fingerprint density at radius 2 is 2.05 bits per heavy atom. The van der Waals surface area contributed by atoms with E-state index in [1.807, 2.05) is 42.5 Å². The van der Waals surface area contributed by atoms with E-state index in [4.69, 9.17) is 11.6 Å². The van der Waals surface area contributed by atoms with Crippen LogP contribution in [0.1, 0.15) is 15.4 Å². The van der Waals surface area contributed by atoms with Crippen molar-refractivity contribution in [2.24, 2.45) is 0 Å². The first-order chi connectivity index (χ1) is 10.6. The molecule has 0 aliphatic carbocycles. The second kappa shape index (κ2) is 6.34. The number of aromatic amines is 1. The number of aromatic nitrogens is 2. The van der Waals surface area contributed by atoms with Crippen molar-refractivity contribution in [1.29, 1.82) is 0 Å². The molecule has 1 amide bonds. The summed E-state index contributed by atoms with van der Waals surface area (Å²) in [6.45, 7) is 0.524. The Morgan fingerprint density at radius 3 is 2.73 bits per heavy atom. The molecule has 0 saturated carbocycles. The fourth-order valence-corrected chi connectivity index (χ4v) is 3.28. The van der Waals surface area contributed by atoms with Crippen molar-refractivity contribution in [2.75, 3.05) is 7.05 Å². The lowest BCUT2D eigenvalue weighted by Gasteiger charge is -2.14. The third-order valence-corrected chi connectivity index (χ3v) is 4.46. The summed E-state index contributed by atoms with van der Waals surface area (Å²) in [6.07, 6.45) is 0. The lowest BCUT2D eigenvalue weighted by Crippen LogP contribution is -2.26. The van der Waals surface area contributed by atoms with Gasteiger partial charge in [-0.05, 0) is 18.2 Å². The van der Waals surface area contributed by atoms with Crippen LogP contribution in [-0.4, -0.2) is 28.1 Å². The van der Waals surface area contributed by atoms with Crippen LogP contribution in [0.15, 0.2) is 48.5 Å². The van der Waals surface area contributed by atoms with Crippen LogP contribution in [0.25, 0.3) is 11.3 Å². The van der Waals surface area contributed by atoms with Gasteiger partial charge in [0, 0.05) is 17.5 Å². The molecule has 0 saturated heterocycles. The molecule has 112 valence electrons. The lowest BCUT2D eigenvalue weighted by molar-refractivity contribution is 0.0780. The van der Waals surface area contributed by atoms with Gasteiger partial charge in [-0.25, -0.2) is 0 Å². The molecule has 3 aromatic rings. The highest BCUT2D eigenvalue weighted by Crippen LogP contribution is 2.23. The van der Waals surface area contributed by atoms with Crippen LogP contribution in [0, 0.1) is 0 Å². The Balaban J connectivity index is 1.74. The van der Waals surface area contributed by atoms with Gasteiger partial charge in [-0.1, -0.05) is 41.9 Å². The van der Waals surface area contributed by atoms with Crippen molar-refractivity contribution in [3.8, 4) is 11.3 Å². The molecule has 0 aliphatic heterocycles. The summed E-state index contributed by atoms with van der Waals surface area (Å²) in [7, 11) is 1.76. The Labute approximate surface area is 137 Å². The molecule has 22 heavy (non-hydrogen) atoms. The molecule has 0 atom stereocenters. The molecular formula is C16H14ClN3OS. The Bertz CT molecular complexity index is 782. The van der Waals surface area contributed by atoms with E-state index in [-0.39, 0.29) is 5.91 Å². The molecule has 0 fully saturated rings. The monoisotopic (exact) mass is 331 g/mol. The number of nitrogens with one attached hydrogen (secondary N) is 1. The highest BCUT2D eigenvalue weighted by Gasteiger charge is 2.16. The van der Waals surface area contributed by atoms with Gasteiger partial charge in [0.25, 0.3) is 5.91 Å². The number of nitrogens with zero attached hydrogens (tertiary/aromatic N) is 2. The molecule has 0 bridgehead atoms. The highest BCUT2D eigenvalue weighted by molar-refractivity contribution is 7.16. The molecule has 0 spiro atoms. The predicted octanol–water partition coefficient (Wildman–Crippen LogP) is 4.06. The Kier molecular flexibility index (Phi) is 4.27. The number of benzene rings is 1. The summed E-state index contributed by atoms with van der Waals surface area (Å²) in [5.74, 6) is -0.0980. The Hall–Kier alpha value is -2.11. The summed E-state index contributed by atoms with van der Waals surface area (Å²) >= 11 is 7.39. The van der Waals surface area contributed by atoms with E-state index in [9.17, 15) is 4.79 Å². The van der Waals surface area contributed by atoms with Crippen molar-refractivity contribution < 1.29 is 4.79 Å². The van der Waals surface area contributed by atoms with E-state index in [0.717, 1.165) is 20.5 Å². The number of amides is 1. The van der Waals surface area contributed by atoms with Crippen LogP contribution in [0.5, 0.6) is 0 Å². The van der Waals surface area contributed by atoms with E-state index in [2.05, 4.69) is 10.2 Å². The maximum absolute atomic E-state index is 12.4. The summed E-state index contributed by atoms with van der Waals surface area (Å²) < 4.78 is 0.726. The minimum Gasteiger partial charge on any atom is -0.335 e. The van der Waals surface area contributed by atoms with Gasteiger partial charge in [0.15, 0.2) is 0 Å². The maximum Gasteiger partial charge on any atom is 0.271 e. The summed E-state index contributed by atoms with van der Waals surface area (Å²) in [4.78, 5) is 15.1. The average molecular weight is 332 g/mol. The molecule has 0 aliphatic rings. The van der Waals surface area contributed by atoms with Gasteiger partial charge in [-0.3, -0.25) is 9.89 Å². The maximum atomic E-state index is 12.4. The largest absolute Gasteiger partial charge is 0.335 e. The SMILES string of the molecule is CN(Cc1ccc(Cl)s1)C(=O)c1cc(-c2ccccc2)n[nH]1. The third-order valence-electron chi connectivity index (χ3n) is 3.25. The van der Waals surface area contributed by atoms with Gasteiger partial charge in [-0.15, -0.1) is 11.3 Å². The predicted molar refractivity (Wildman–Crippen MR) is 89.2 cm³/mol. The van der Waals surface area contributed by atoms with Crippen LogP contribution in [-0.2, 0) is 6.54 Å². The van der Waals surface area contributed by atoms with E-state index >= 15 is 0 Å². The zero-order valence-electron chi connectivity index (χ0n) is 11.9. The fourth-order valence-electron chi connectivity index (χ4n) is 2.14. The second-order valence-corrected chi connectivity index (χ2v) is 6.70. The zero-order chi connectivity index (χ0) is 15.5. The zero-order valence-corrected chi connectivity index (χ0v) is 13.5. The number of thiophene rings is 1. The molecule has 1 aromatic carbocycles. The standard InChI is InChI=1S/C16H14ClN3OS/c1-20(10-12-7-8-15(17)22-12)16(21)14-9-13(18-19-14)11-5-3-2-4-6-11/h2-9H,10H2,1H3,(H,18,19). The van der Waals surface area contributed by atoms with Crippen LogP contribution in [0.2, 0.25) is 4.34 Å². The van der Waals surface area contributed by atoms with Gasteiger partial charge in [-0.2, -0.15) is 5.10 Å². The van der Waals surface area contributed by atoms with Crippen molar-refractivity contribution in [3.63, 3.8) is 0 Å². The minimum atomic E-state index is -0.0980. The topological polar surface area (TPSA) is 49.0 Å². The first kappa shape index (κ1) is 14.8. The Morgan fingerprint density at radius 1 is 1.27 bits per heavy atom. The lowest BCUT2D eigenvalue weighted by atomic mass is 10.1. The number of hydrogen-bond acceptors (Lipinski definition) is 3. The van der Waals surface area contributed by atoms with E-state index < -0.39 is 0 Å². The quantitative estimate of drug-likeness (QED) is 0.783. The van der Waals surface area contributed by atoms with Gasteiger partial charge >= 0.3 is 0 Å². The second-order valence-electron chi connectivity index (χ2n) is 4.90. The molecular weight excluding hydrogens is 318 g/mol. The van der Waals surface area contributed by atoms with Crippen molar-refractivity contribution in [3.05, 3.63) is 63.4 Å². The van der Waals surface area contributed by atoms with Gasteiger partial charge in [0.2, 0.25) is 0 Å². The van der Waals surface area contributed by atoms with Crippen molar-refractivity contribution >= 4 is 28.8 Å². The molecule has 0 unspecified atom stereocenters. The first-order valence-corrected chi connectivity index (χ1v) is 7.93. The molecule has 2 aromatic heterocycles. The smallest absolute Gasteiger partial charge is 0.271 e. The van der Waals surface area contributed by atoms with Gasteiger partial charge in [0.05, 0.1) is 16.6 Å².